The summed E-state index contributed by atoms with van der Waals surface area (Å²) in [4.78, 5) is 192. The Bertz CT molecular complexity index is 3260. The van der Waals surface area contributed by atoms with Gasteiger partial charge < -0.3 is 69.5 Å². The van der Waals surface area contributed by atoms with Crippen molar-refractivity contribution in [2.24, 2.45) is 40.9 Å². The molecular weight excluding hydrogens is 1460 g/mol. The van der Waals surface area contributed by atoms with Crippen molar-refractivity contribution < 1.29 is 102 Å². The molecule has 0 aromatic rings. The van der Waals surface area contributed by atoms with Crippen molar-refractivity contribution in [3.05, 3.63) is 12.2 Å². The van der Waals surface area contributed by atoms with Gasteiger partial charge in [0.15, 0.2) is 0 Å². The fourth-order valence-corrected chi connectivity index (χ4v) is 17.2. The van der Waals surface area contributed by atoms with E-state index >= 15 is 37.5 Å². The van der Waals surface area contributed by atoms with Crippen molar-refractivity contribution in [1.29, 1.82) is 0 Å². The zero-order valence-corrected chi connectivity index (χ0v) is 66.9. The van der Waals surface area contributed by atoms with Crippen molar-refractivity contribution >= 4 is 70.9 Å². The Balaban J connectivity index is 1.51. The maximum atomic E-state index is 15.8. The average Bonchev–Trinajstić information content (AvgIpc) is 0.959. The second-order valence-electron chi connectivity index (χ2n) is 32.3. The van der Waals surface area contributed by atoms with E-state index in [0.29, 0.717) is 19.3 Å². The zero-order valence-electron chi connectivity index (χ0n) is 66.9. The van der Waals surface area contributed by atoms with Crippen LogP contribution in [-0.2, 0) is 67.0 Å². The number of methoxy groups -OCH3 is 1. The lowest BCUT2D eigenvalue weighted by Gasteiger charge is -2.54. The van der Waals surface area contributed by atoms with Crippen LogP contribution < -0.4 is 16.0 Å². The van der Waals surface area contributed by atoms with Crippen LogP contribution in [-0.4, -0.2) is 302 Å². The minimum atomic E-state index is -5.23. The van der Waals surface area contributed by atoms with Crippen LogP contribution in [0.25, 0.3) is 0 Å². The third-order valence-electron chi connectivity index (χ3n) is 23.9. The van der Waals surface area contributed by atoms with Gasteiger partial charge in [-0.25, -0.2) is 8.78 Å². The topological polar surface area (TPSA) is 289 Å². The van der Waals surface area contributed by atoms with Crippen LogP contribution in [0, 0.1) is 40.9 Å². The lowest BCUT2D eigenvalue weighted by molar-refractivity contribution is -0.219. The molecule has 26 nitrogen and oxygen atoms in total. The SMILES string of the molecule is CCO[C@@H]1C[C@H]2C(=O)NC3(CC(C)(C)C3)C(=O)N(C)[C@@H](C(CC)CC)C(=O)N(C)[C@H](C(=O)N(C)CC)CC(=O)N(C)[C@@H](COC)C(=O)N[C@@H]([C@@H](C)CC)C(=O)N(C)CC(=O)N(C)[C@H]3C/C=C\CCN(C3=O)[C@@H](CC3CCC(C(F)(F)F)CC3)C(=O)N(C)CC(=O)N[C@@H](CCC3CC(F)C(C(F)(F)F)C(F)C3)C(=O)N2C1. The van der Waals surface area contributed by atoms with Gasteiger partial charge >= 0.3 is 12.4 Å². The van der Waals surface area contributed by atoms with Crippen LogP contribution in [0.4, 0.5) is 35.1 Å². The molecule has 0 radical (unpaired) electrons. The van der Waals surface area contributed by atoms with Gasteiger partial charge in [0.05, 0.1) is 38.1 Å². The van der Waals surface area contributed by atoms with E-state index in [2.05, 4.69) is 16.0 Å². The maximum absolute atomic E-state index is 15.8. The number of hydrogen-bond acceptors (Lipinski definition) is 14. The molecule has 6 rings (SSSR count). The van der Waals surface area contributed by atoms with Crippen LogP contribution in [0.1, 0.15) is 171 Å². The van der Waals surface area contributed by atoms with Crippen molar-refractivity contribution in [2.45, 2.75) is 256 Å². The van der Waals surface area contributed by atoms with Gasteiger partial charge in [0.1, 0.15) is 72.1 Å². The highest BCUT2D eigenvalue weighted by Crippen LogP contribution is 2.50. The summed E-state index contributed by atoms with van der Waals surface area (Å²) in [6, 6.07) is -11.9. The highest BCUT2D eigenvalue weighted by molar-refractivity contribution is 6.01. The van der Waals surface area contributed by atoms with Crippen LogP contribution in [0.15, 0.2) is 12.2 Å². The van der Waals surface area contributed by atoms with Crippen LogP contribution in [0.2, 0.25) is 0 Å². The molecule has 3 aliphatic heterocycles. The van der Waals surface area contributed by atoms with Crippen LogP contribution in [0.5, 0.6) is 0 Å². The molecule has 34 heteroatoms. The molecule has 624 valence electrons. The normalized spacial score (nSPS) is 31.2. The zero-order chi connectivity index (χ0) is 82.6. The second-order valence-corrected chi connectivity index (χ2v) is 32.3. The molecule has 12 amide bonds. The largest absolute Gasteiger partial charge is 0.397 e. The third kappa shape index (κ3) is 22.1. The summed E-state index contributed by atoms with van der Waals surface area (Å²) < 4.78 is 127. The minimum Gasteiger partial charge on any atom is -0.382 e. The number of carbonyl (C=O) groups excluding carboxylic acids is 12. The summed E-state index contributed by atoms with van der Waals surface area (Å²) in [5.74, 6) is -17.5. The maximum Gasteiger partial charge on any atom is 0.397 e. The van der Waals surface area contributed by atoms with E-state index in [1.807, 2.05) is 13.8 Å². The Kier molecular flexibility index (Phi) is 32.5. The number of hydrogen-bond donors (Lipinski definition) is 3. The smallest absolute Gasteiger partial charge is 0.382 e. The van der Waals surface area contributed by atoms with Gasteiger partial charge in [0.25, 0.3) is 0 Å². The number of amides is 12. The third-order valence-corrected chi connectivity index (χ3v) is 23.9. The number of carbonyl (C=O) groups is 12. The van der Waals surface area contributed by atoms with Crippen LogP contribution >= 0.6 is 0 Å². The molecule has 3 saturated carbocycles. The van der Waals surface area contributed by atoms with Gasteiger partial charge in [-0.2, -0.15) is 26.3 Å². The average molecular weight is 1580 g/mol. The number of nitrogens with one attached hydrogen (secondary N) is 3. The molecule has 3 N–H and O–H groups in total. The fourth-order valence-electron chi connectivity index (χ4n) is 17.2. The molecule has 1 spiro atoms. The summed E-state index contributed by atoms with van der Waals surface area (Å²) in [5, 5.41) is 8.35. The predicted molar refractivity (Wildman–Crippen MR) is 389 cm³/mol. The van der Waals surface area contributed by atoms with E-state index in [1.54, 1.807) is 53.7 Å². The number of fused-ring (bicyclic) bond motifs is 3. The highest BCUT2D eigenvalue weighted by Gasteiger charge is 2.60. The van der Waals surface area contributed by atoms with Crippen molar-refractivity contribution in [1.82, 2.24) is 60.0 Å². The molecule has 2 saturated heterocycles. The molecule has 2 bridgehead atoms. The first-order valence-electron chi connectivity index (χ1n) is 38.9. The molecule has 0 aromatic heterocycles. The lowest BCUT2D eigenvalue weighted by atomic mass is 9.58. The van der Waals surface area contributed by atoms with E-state index in [9.17, 15) is 55.1 Å². The van der Waals surface area contributed by atoms with Gasteiger partial charge in [-0.15, -0.1) is 0 Å². The van der Waals surface area contributed by atoms with E-state index in [4.69, 9.17) is 9.47 Å². The Hall–Kier alpha value is -7.26. The number of alkyl halides is 8. The van der Waals surface area contributed by atoms with Crippen molar-refractivity contribution in [3.8, 4) is 0 Å². The molecule has 2 unspecified atom stereocenters. The number of likely N-dealkylation sites (N-methyl/N-ethyl adjacent to an activating group) is 7. The molecule has 0 aromatic carbocycles. The Morgan fingerprint density at radius 2 is 1.26 bits per heavy atom. The lowest BCUT2D eigenvalue weighted by Crippen LogP contribution is -2.71. The minimum absolute atomic E-state index is 0.0144. The summed E-state index contributed by atoms with van der Waals surface area (Å²) >= 11 is 0. The van der Waals surface area contributed by atoms with E-state index < -0.39 is 242 Å². The van der Waals surface area contributed by atoms with Gasteiger partial charge in [-0.05, 0) is 126 Å². The fraction of sp³-hybridized carbons (Fsp3) is 0.816. The van der Waals surface area contributed by atoms with E-state index in [1.165, 1.54) is 71.1 Å². The standard InChI is InChI=1S/C76H120F8N12O14/c1-17-44(6)62-70(106)90(11)40-60(99)91(12)53-25-23-22-24-32-95(69(53)105)56(35-45-26-29-48(30-27-45)75(79,80)81)68(104)89(10)39-58(97)85-52(31-28-46-33-50(77)61(51(78)34-46)76(82,83)84)66(102)96-38-49(110-21-5)36-54(96)65(101)87-74(42-73(7,8)43-74)72(108)94(15)63(47(18-2)19-3)71(107)93(14)55(67(103)88(9)20-4)37-59(98)92(13)57(41-109-16)64(100)86-62/h22-23,44-57,61-63H,17-21,24-43H2,1-16H3,(H,85,97)(H,86,100)(H,87,101)/b23-22-/t44-,45?,46?,48?,49+,50?,51?,52-,53-,54-,55-,56-,57-,61?,62-,63-/m0/s1. The summed E-state index contributed by atoms with van der Waals surface area (Å²) in [5.41, 5.74) is -2.42. The van der Waals surface area contributed by atoms with Crippen LogP contribution in [0.3, 0.4) is 0 Å². The molecule has 3 aliphatic carbocycles. The van der Waals surface area contributed by atoms with Gasteiger partial charge in [0, 0.05) is 89.1 Å². The predicted octanol–water partition coefficient (Wildman–Crippen LogP) is 6.22. The quantitative estimate of drug-likeness (QED) is 0.114. The highest BCUT2D eigenvalue weighted by atomic mass is 19.4. The molecule has 5 fully saturated rings. The molecular formula is C76H120F8N12O14. The monoisotopic (exact) mass is 1580 g/mol. The van der Waals surface area contributed by atoms with Crippen molar-refractivity contribution in [2.75, 3.05) is 102 Å². The first kappa shape index (κ1) is 91.6. The van der Waals surface area contributed by atoms with E-state index in [0.717, 1.165) is 29.4 Å². The number of nitrogens with zero attached hydrogens (tertiary/aromatic N) is 9. The van der Waals surface area contributed by atoms with Gasteiger partial charge in [-0.1, -0.05) is 73.0 Å². The molecule has 12 atom stereocenters. The first-order chi connectivity index (χ1) is 51.4. The molecule has 6 aliphatic rings. The second kappa shape index (κ2) is 39.0. The Labute approximate surface area is 641 Å². The van der Waals surface area contributed by atoms with Gasteiger partial charge in [0.2, 0.25) is 70.9 Å². The summed E-state index contributed by atoms with van der Waals surface area (Å²) in [6.45, 7) is 11.7. The summed E-state index contributed by atoms with van der Waals surface area (Å²) in [6.07, 6.45) is -15.9. The summed E-state index contributed by atoms with van der Waals surface area (Å²) in [7, 11) is 10.5. The molecule has 110 heavy (non-hydrogen) atoms. The Morgan fingerprint density at radius 1 is 0.655 bits per heavy atom. The van der Waals surface area contributed by atoms with Crippen molar-refractivity contribution in [3.63, 3.8) is 0 Å². The van der Waals surface area contributed by atoms with E-state index in [-0.39, 0.29) is 96.9 Å². The van der Waals surface area contributed by atoms with Gasteiger partial charge in [-0.3, -0.25) is 57.5 Å². The molecule has 3 heterocycles. The number of ether oxygens (including phenoxy) is 2. The number of rotatable bonds is 16. The Morgan fingerprint density at radius 3 is 1.81 bits per heavy atom. The number of halogens is 8. The first-order valence-corrected chi connectivity index (χ1v) is 38.9.